The molecule has 0 bridgehead atoms. The van der Waals surface area contributed by atoms with Crippen molar-refractivity contribution in [2.75, 3.05) is 25.6 Å². The van der Waals surface area contributed by atoms with E-state index in [2.05, 4.69) is 10.3 Å². The fourth-order valence-electron chi connectivity index (χ4n) is 4.04. The van der Waals surface area contributed by atoms with Gasteiger partial charge in [0.1, 0.15) is 11.0 Å². The van der Waals surface area contributed by atoms with E-state index in [0.717, 1.165) is 23.1 Å². The lowest BCUT2D eigenvalue weighted by atomic mass is 10.1. The first-order valence-electron chi connectivity index (χ1n) is 12.9. The molecule has 1 heterocycles. The minimum absolute atomic E-state index is 0.0356. The van der Waals surface area contributed by atoms with Crippen LogP contribution in [0.2, 0.25) is 0 Å². The van der Waals surface area contributed by atoms with E-state index in [-0.39, 0.29) is 24.5 Å². The third-order valence-electron chi connectivity index (χ3n) is 6.20. The number of carboxylic acid groups (broad SMARTS) is 1. The zero-order valence-corrected chi connectivity index (χ0v) is 23.3. The number of rotatable bonds is 10. The highest BCUT2D eigenvalue weighted by atomic mass is 32.2. The van der Waals surface area contributed by atoms with Gasteiger partial charge in [-0.15, -0.1) is 0 Å². The fraction of sp³-hybridized carbons (Fsp3) is 0.233. The Hall–Kier alpha value is -4.64. The maximum atomic E-state index is 13.3. The van der Waals surface area contributed by atoms with E-state index in [1.807, 2.05) is 24.3 Å². The summed E-state index contributed by atoms with van der Waals surface area (Å²) in [4.78, 5) is 56.0. The Morgan fingerprint density at radius 3 is 2.44 bits per heavy atom. The minimum atomic E-state index is -1.11. The third-order valence-corrected chi connectivity index (χ3v) is 7.38. The molecule has 0 saturated carbocycles. The lowest BCUT2D eigenvalue weighted by Gasteiger charge is -2.32. The summed E-state index contributed by atoms with van der Waals surface area (Å²) in [7, 11) is 1.59. The highest BCUT2D eigenvalue weighted by Crippen LogP contribution is 2.30. The van der Waals surface area contributed by atoms with Crippen molar-refractivity contribution in [2.45, 2.75) is 25.0 Å². The van der Waals surface area contributed by atoms with Gasteiger partial charge in [-0.1, -0.05) is 30.0 Å². The molecule has 1 aliphatic rings. The molecule has 0 aromatic heterocycles. The number of nitrogens with one attached hydrogen (secondary N) is 1. The van der Waals surface area contributed by atoms with Gasteiger partial charge in [0.2, 0.25) is 11.8 Å². The Labute approximate surface area is 241 Å². The Balaban J connectivity index is 1.56. The first-order chi connectivity index (χ1) is 19.8. The molecule has 2 amide bonds. The topological polar surface area (TPSA) is 135 Å². The van der Waals surface area contributed by atoms with Crippen molar-refractivity contribution < 1.29 is 33.8 Å². The maximum Gasteiger partial charge on any atom is 0.338 e. The molecule has 3 aromatic rings. The molecule has 1 saturated heterocycles. The summed E-state index contributed by atoms with van der Waals surface area (Å²) in [6.07, 6.45) is 0.495. The van der Waals surface area contributed by atoms with E-state index in [1.54, 1.807) is 49.3 Å². The summed E-state index contributed by atoms with van der Waals surface area (Å²) < 4.78 is 10.2. The molecular formula is C30H29N3O7S. The molecule has 2 N–H and O–H groups in total. The van der Waals surface area contributed by atoms with E-state index in [9.17, 15) is 24.3 Å². The molecule has 212 valence electrons. The molecular weight excluding hydrogens is 546 g/mol. The van der Waals surface area contributed by atoms with Crippen LogP contribution in [0.3, 0.4) is 0 Å². The number of methoxy groups -OCH3 is 1. The van der Waals surface area contributed by atoms with Crippen LogP contribution >= 0.6 is 11.8 Å². The van der Waals surface area contributed by atoms with E-state index in [1.165, 1.54) is 18.2 Å². The summed E-state index contributed by atoms with van der Waals surface area (Å²) in [6, 6.07) is 19.9. The number of amidine groups is 1. The lowest BCUT2D eigenvalue weighted by Crippen LogP contribution is -2.46. The van der Waals surface area contributed by atoms with Crippen molar-refractivity contribution in [1.82, 2.24) is 4.90 Å². The summed E-state index contributed by atoms with van der Waals surface area (Å²) >= 11 is 1.15. The maximum absolute atomic E-state index is 13.3. The van der Waals surface area contributed by atoms with Crippen molar-refractivity contribution in [3.05, 3.63) is 89.5 Å². The number of carboxylic acids is 1. The van der Waals surface area contributed by atoms with Crippen molar-refractivity contribution in [3.8, 4) is 5.75 Å². The highest BCUT2D eigenvalue weighted by Gasteiger charge is 2.36. The van der Waals surface area contributed by atoms with Crippen LogP contribution in [0.25, 0.3) is 0 Å². The number of hydrogen-bond acceptors (Lipinski definition) is 8. The third kappa shape index (κ3) is 7.73. The van der Waals surface area contributed by atoms with Crippen LogP contribution in [0.4, 0.5) is 11.4 Å². The molecule has 1 fully saturated rings. The number of anilines is 1. The van der Waals surface area contributed by atoms with Crippen LogP contribution in [-0.4, -0.2) is 64.4 Å². The van der Waals surface area contributed by atoms with Gasteiger partial charge in [0.25, 0.3) is 0 Å². The SMILES string of the molecule is CCOC(=O)c1ccc(N=C2SC(C(=O)Nc3cccc(C(=O)O)c3)CC(=O)N2CCc2ccc(OC)cc2)cc1. The lowest BCUT2D eigenvalue weighted by molar-refractivity contribution is -0.129. The van der Waals surface area contributed by atoms with E-state index in [0.29, 0.717) is 35.1 Å². The molecule has 1 atom stereocenters. The highest BCUT2D eigenvalue weighted by molar-refractivity contribution is 8.15. The van der Waals surface area contributed by atoms with Crippen LogP contribution in [0.15, 0.2) is 77.8 Å². The summed E-state index contributed by atoms with van der Waals surface area (Å²) in [6.45, 7) is 2.33. The molecule has 1 unspecified atom stereocenters. The van der Waals surface area contributed by atoms with Crippen molar-refractivity contribution in [1.29, 1.82) is 0 Å². The number of carbonyl (C=O) groups excluding carboxylic acids is 3. The quantitative estimate of drug-likeness (QED) is 0.330. The van der Waals surface area contributed by atoms with E-state index < -0.39 is 23.1 Å². The number of amides is 2. The minimum Gasteiger partial charge on any atom is -0.497 e. The standard InChI is InChI=1S/C30H29N3O7S/c1-3-40-29(38)20-9-11-22(12-10-20)32-30-33(16-15-19-7-13-24(39-2)14-8-19)26(34)18-25(41-30)27(35)31-23-6-4-5-21(17-23)28(36)37/h4-14,17,25H,3,15-16,18H2,1-2H3,(H,31,35)(H,36,37). The van der Waals surface area contributed by atoms with E-state index >= 15 is 0 Å². The van der Waals surface area contributed by atoms with Crippen LogP contribution in [0, 0.1) is 0 Å². The number of aliphatic imine (C=N–C) groups is 1. The van der Waals surface area contributed by atoms with Gasteiger partial charge in [0, 0.05) is 18.7 Å². The Morgan fingerprint density at radius 2 is 1.78 bits per heavy atom. The van der Waals surface area contributed by atoms with Crippen LogP contribution < -0.4 is 10.1 Å². The molecule has 0 aliphatic carbocycles. The second-order valence-corrected chi connectivity index (χ2v) is 10.2. The van der Waals surface area contributed by atoms with Gasteiger partial charge < -0.3 is 19.9 Å². The van der Waals surface area contributed by atoms with Crippen LogP contribution in [0.1, 0.15) is 39.6 Å². The van der Waals surface area contributed by atoms with Gasteiger partial charge in [-0.3, -0.25) is 14.5 Å². The predicted molar refractivity (Wildman–Crippen MR) is 156 cm³/mol. The zero-order valence-electron chi connectivity index (χ0n) is 22.5. The van der Waals surface area contributed by atoms with E-state index in [4.69, 9.17) is 9.47 Å². The summed E-state index contributed by atoms with van der Waals surface area (Å²) in [5.41, 5.74) is 2.23. The normalized spacial score (nSPS) is 15.9. The molecule has 4 rings (SSSR count). The number of hydrogen-bond donors (Lipinski definition) is 2. The summed E-state index contributed by atoms with van der Waals surface area (Å²) in [5, 5.41) is 11.5. The number of esters is 1. The average molecular weight is 576 g/mol. The van der Waals surface area contributed by atoms with Crippen LogP contribution in [0.5, 0.6) is 5.75 Å². The summed E-state index contributed by atoms with van der Waals surface area (Å²) in [5.74, 6) is -1.53. The Morgan fingerprint density at radius 1 is 1.05 bits per heavy atom. The number of benzene rings is 3. The molecule has 11 heteroatoms. The van der Waals surface area contributed by atoms with Gasteiger partial charge in [-0.2, -0.15) is 0 Å². The molecule has 0 spiro atoms. The molecule has 41 heavy (non-hydrogen) atoms. The number of aromatic carboxylic acids is 1. The number of nitrogens with zero attached hydrogens (tertiary/aromatic N) is 2. The van der Waals surface area contributed by atoms with Crippen LogP contribution in [-0.2, 0) is 20.7 Å². The Kier molecular flexibility index (Phi) is 9.75. The average Bonchev–Trinajstić information content (AvgIpc) is 2.97. The smallest absolute Gasteiger partial charge is 0.338 e. The predicted octanol–water partition coefficient (Wildman–Crippen LogP) is 4.77. The molecule has 0 radical (unpaired) electrons. The van der Waals surface area contributed by atoms with Crippen molar-refractivity contribution >= 4 is 52.1 Å². The number of carbonyl (C=O) groups is 4. The van der Waals surface area contributed by atoms with Gasteiger partial charge >= 0.3 is 11.9 Å². The zero-order chi connectivity index (χ0) is 29.4. The van der Waals surface area contributed by atoms with Gasteiger partial charge in [0.05, 0.1) is 30.5 Å². The van der Waals surface area contributed by atoms with Gasteiger partial charge in [-0.05, 0) is 73.5 Å². The molecule has 10 nitrogen and oxygen atoms in total. The molecule has 1 aliphatic heterocycles. The van der Waals surface area contributed by atoms with Crippen molar-refractivity contribution in [3.63, 3.8) is 0 Å². The second-order valence-electron chi connectivity index (χ2n) is 8.99. The Bertz CT molecular complexity index is 1460. The van der Waals surface area contributed by atoms with Crippen molar-refractivity contribution in [2.24, 2.45) is 4.99 Å². The number of thioether (sulfide) groups is 1. The first kappa shape index (κ1) is 29.3. The van der Waals surface area contributed by atoms with Gasteiger partial charge in [-0.25, -0.2) is 14.6 Å². The first-order valence-corrected chi connectivity index (χ1v) is 13.8. The monoisotopic (exact) mass is 575 g/mol. The molecule has 3 aromatic carbocycles. The second kappa shape index (κ2) is 13.6. The number of ether oxygens (including phenoxy) is 2. The van der Waals surface area contributed by atoms with Gasteiger partial charge in [0.15, 0.2) is 5.17 Å². The largest absolute Gasteiger partial charge is 0.497 e. The fourth-order valence-corrected chi connectivity index (χ4v) is 5.17.